The van der Waals surface area contributed by atoms with E-state index in [-0.39, 0.29) is 6.04 Å². The van der Waals surface area contributed by atoms with Crippen molar-refractivity contribution in [3.8, 4) is 0 Å². The van der Waals surface area contributed by atoms with E-state index in [1.165, 1.54) is 5.56 Å². The summed E-state index contributed by atoms with van der Waals surface area (Å²) in [6, 6.07) is 2.17. The summed E-state index contributed by atoms with van der Waals surface area (Å²) in [6.07, 6.45) is 5.74. The first-order valence-corrected chi connectivity index (χ1v) is 6.39. The molecule has 0 amide bonds. The zero-order valence-corrected chi connectivity index (χ0v) is 11.2. The highest BCUT2D eigenvalue weighted by atomic mass is 15.3. The maximum absolute atomic E-state index is 6.13. The lowest BCUT2D eigenvalue weighted by atomic mass is 10.00. The van der Waals surface area contributed by atoms with Crippen molar-refractivity contribution in [2.24, 2.45) is 11.7 Å². The zero-order valence-electron chi connectivity index (χ0n) is 11.2. The molecule has 2 heterocycles. The fraction of sp³-hybridized carbons (Fsp3) is 0.538. The monoisotopic (exact) mass is 247 g/mol. The SMILES string of the molecule is CCn1ncnc1Cn1ccc(C(N)C(C)C)c1. The van der Waals surface area contributed by atoms with Crippen LogP contribution in [0.25, 0.3) is 0 Å². The number of aromatic nitrogens is 4. The molecule has 0 bridgehead atoms. The zero-order chi connectivity index (χ0) is 13.1. The number of nitrogens with two attached hydrogens (primary N) is 1. The van der Waals surface area contributed by atoms with Crippen molar-refractivity contribution >= 4 is 0 Å². The number of aryl methyl sites for hydroxylation is 1. The highest BCUT2D eigenvalue weighted by Gasteiger charge is 2.12. The smallest absolute Gasteiger partial charge is 0.146 e. The van der Waals surface area contributed by atoms with E-state index >= 15 is 0 Å². The molecule has 0 aromatic carbocycles. The van der Waals surface area contributed by atoms with Gasteiger partial charge in [-0.05, 0) is 24.5 Å². The minimum atomic E-state index is 0.0929. The molecule has 0 aliphatic carbocycles. The Morgan fingerprint density at radius 3 is 2.83 bits per heavy atom. The third-order valence-electron chi connectivity index (χ3n) is 3.20. The molecule has 2 aromatic rings. The molecule has 5 heteroatoms. The quantitative estimate of drug-likeness (QED) is 0.876. The van der Waals surface area contributed by atoms with Crippen molar-refractivity contribution in [3.63, 3.8) is 0 Å². The predicted octanol–water partition coefficient (Wildman–Crippen LogP) is 1.80. The van der Waals surface area contributed by atoms with Crippen molar-refractivity contribution in [1.82, 2.24) is 19.3 Å². The summed E-state index contributed by atoms with van der Waals surface area (Å²) in [6.45, 7) is 7.91. The first-order chi connectivity index (χ1) is 8.61. The Kier molecular flexibility index (Phi) is 3.81. The van der Waals surface area contributed by atoms with E-state index in [2.05, 4.69) is 47.7 Å². The Morgan fingerprint density at radius 2 is 2.17 bits per heavy atom. The molecule has 98 valence electrons. The fourth-order valence-electron chi connectivity index (χ4n) is 1.98. The Labute approximate surface area is 108 Å². The highest BCUT2D eigenvalue weighted by molar-refractivity contribution is 5.16. The molecule has 1 atom stereocenters. The molecule has 0 aliphatic rings. The van der Waals surface area contributed by atoms with Gasteiger partial charge < -0.3 is 10.3 Å². The Bertz CT molecular complexity index is 497. The van der Waals surface area contributed by atoms with E-state index in [0.29, 0.717) is 5.92 Å². The van der Waals surface area contributed by atoms with E-state index in [4.69, 9.17) is 5.73 Å². The van der Waals surface area contributed by atoms with Gasteiger partial charge in [-0.3, -0.25) is 0 Å². The van der Waals surface area contributed by atoms with Crippen LogP contribution in [0.3, 0.4) is 0 Å². The van der Waals surface area contributed by atoms with E-state index in [1.54, 1.807) is 6.33 Å². The average molecular weight is 247 g/mol. The summed E-state index contributed by atoms with van der Waals surface area (Å²) in [4.78, 5) is 4.27. The van der Waals surface area contributed by atoms with Gasteiger partial charge in [-0.25, -0.2) is 9.67 Å². The van der Waals surface area contributed by atoms with Crippen LogP contribution in [0.15, 0.2) is 24.8 Å². The van der Waals surface area contributed by atoms with Crippen molar-refractivity contribution in [3.05, 3.63) is 36.2 Å². The second-order valence-electron chi connectivity index (χ2n) is 4.88. The van der Waals surface area contributed by atoms with Crippen LogP contribution >= 0.6 is 0 Å². The molecular weight excluding hydrogens is 226 g/mol. The Balaban J connectivity index is 2.11. The molecule has 0 saturated carbocycles. The summed E-state index contributed by atoms with van der Waals surface area (Å²) < 4.78 is 4.01. The molecule has 2 aromatic heterocycles. The van der Waals surface area contributed by atoms with Crippen LogP contribution in [-0.2, 0) is 13.1 Å². The summed E-state index contributed by atoms with van der Waals surface area (Å²) in [5.41, 5.74) is 7.31. The first-order valence-electron chi connectivity index (χ1n) is 6.39. The number of rotatable bonds is 5. The molecule has 18 heavy (non-hydrogen) atoms. The van der Waals surface area contributed by atoms with Crippen molar-refractivity contribution in [1.29, 1.82) is 0 Å². The van der Waals surface area contributed by atoms with E-state index in [0.717, 1.165) is 18.9 Å². The molecule has 0 spiro atoms. The lowest BCUT2D eigenvalue weighted by Gasteiger charge is -2.13. The first kappa shape index (κ1) is 12.8. The summed E-state index contributed by atoms with van der Waals surface area (Å²) in [5, 5.41) is 4.17. The molecule has 0 aliphatic heterocycles. The predicted molar refractivity (Wildman–Crippen MR) is 71.0 cm³/mol. The van der Waals surface area contributed by atoms with Crippen LogP contribution < -0.4 is 5.73 Å². The molecule has 0 saturated heterocycles. The van der Waals surface area contributed by atoms with Gasteiger partial charge in [-0.15, -0.1) is 0 Å². The van der Waals surface area contributed by atoms with Gasteiger partial charge in [0, 0.05) is 25.0 Å². The minimum Gasteiger partial charge on any atom is -0.346 e. The van der Waals surface area contributed by atoms with Crippen LogP contribution in [0.2, 0.25) is 0 Å². The number of nitrogens with zero attached hydrogens (tertiary/aromatic N) is 4. The summed E-state index contributed by atoms with van der Waals surface area (Å²) in [5.74, 6) is 1.41. The normalized spacial score (nSPS) is 13.2. The van der Waals surface area contributed by atoms with Crippen LogP contribution in [0.4, 0.5) is 0 Å². The van der Waals surface area contributed by atoms with Crippen LogP contribution in [-0.4, -0.2) is 19.3 Å². The Morgan fingerprint density at radius 1 is 1.39 bits per heavy atom. The van der Waals surface area contributed by atoms with Crippen LogP contribution in [0.1, 0.15) is 38.2 Å². The second-order valence-corrected chi connectivity index (χ2v) is 4.88. The molecule has 0 radical (unpaired) electrons. The molecule has 5 nitrogen and oxygen atoms in total. The van der Waals surface area contributed by atoms with Gasteiger partial charge in [-0.2, -0.15) is 5.10 Å². The van der Waals surface area contributed by atoms with Crippen LogP contribution in [0.5, 0.6) is 0 Å². The maximum Gasteiger partial charge on any atom is 0.146 e. The molecule has 1 unspecified atom stereocenters. The van der Waals surface area contributed by atoms with Gasteiger partial charge in [0.05, 0.1) is 6.54 Å². The van der Waals surface area contributed by atoms with Gasteiger partial charge in [-0.1, -0.05) is 13.8 Å². The number of hydrogen-bond acceptors (Lipinski definition) is 3. The third-order valence-corrected chi connectivity index (χ3v) is 3.20. The lowest BCUT2D eigenvalue weighted by molar-refractivity contribution is 0.513. The van der Waals surface area contributed by atoms with Gasteiger partial charge >= 0.3 is 0 Å². The van der Waals surface area contributed by atoms with E-state index in [9.17, 15) is 0 Å². The second kappa shape index (κ2) is 5.35. The molecule has 0 fully saturated rings. The summed E-state index contributed by atoms with van der Waals surface area (Å²) in [7, 11) is 0. The van der Waals surface area contributed by atoms with Crippen LogP contribution in [0, 0.1) is 5.92 Å². The minimum absolute atomic E-state index is 0.0929. The third kappa shape index (κ3) is 2.61. The van der Waals surface area contributed by atoms with E-state index in [1.807, 2.05) is 10.9 Å². The fourth-order valence-corrected chi connectivity index (χ4v) is 1.98. The standard InChI is InChI=1S/C13H21N5/c1-4-18-12(15-9-16-18)8-17-6-5-11(7-17)13(14)10(2)3/h5-7,9-10,13H,4,8,14H2,1-3H3. The van der Waals surface area contributed by atoms with Crippen molar-refractivity contribution in [2.45, 2.75) is 39.9 Å². The van der Waals surface area contributed by atoms with E-state index < -0.39 is 0 Å². The summed E-state index contributed by atoms with van der Waals surface area (Å²) >= 11 is 0. The largest absolute Gasteiger partial charge is 0.346 e. The number of hydrogen-bond donors (Lipinski definition) is 1. The lowest BCUT2D eigenvalue weighted by Crippen LogP contribution is -2.16. The topological polar surface area (TPSA) is 61.7 Å². The average Bonchev–Trinajstić information content (AvgIpc) is 2.97. The molecule has 2 rings (SSSR count). The highest BCUT2D eigenvalue weighted by Crippen LogP contribution is 2.19. The maximum atomic E-state index is 6.13. The van der Waals surface area contributed by atoms with Gasteiger partial charge in [0.25, 0.3) is 0 Å². The van der Waals surface area contributed by atoms with Gasteiger partial charge in [0.1, 0.15) is 12.2 Å². The molecular formula is C13H21N5. The van der Waals surface area contributed by atoms with Crippen molar-refractivity contribution < 1.29 is 0 Å². The molecule has 2 N–H and O–H groups in total. The Hall–Kier alpha value is -1.62. The van der Waals surface area contributed by atoms with Crippen molar-refractivity contribution in [2.75, 3.05) is 0 Å². The van der Waals surface area contributed by atoms with Gasteiger partial charge in [0.15, 0.2) is 0 Å². The van der Waals surface area contributed by atoms with Gasteiger partial charge in [0.2, 0.25) is 0 Å².